The van der Waals surface area contributed by atoms with Crippen LogP contribution in [0, 0.1) is 0 Å². The molecule has 1 unspecified atom stereocenters. The third-order valence-electron chi connectivity index (χ3n) is 2.99. The molecule has 1 fully saturated rings. The van der Waals surface area contributed by atoms with Gasteiger partial charge in [-0.25, -0.2) is 0 Å². The smallest absolute Gasteiger partial charge is 0.119 e. The van der Waals surface area contributed by atoms with Gasteiger partial charge in [-0.05, 0) is 29.7 Å². The van der Waals surface area contributed by atoms with Crippen molar-refractivity contribution in [3.63, 3.8) is 0 Å². The average Bonchev–Trinajstić information content (AvgIpc) is 3.22. The highest BCUT2D eigenvalue weighted by molar-refractivity contribution is 5.32. The molecule has 0 radical (unpaired) electrons. The largest absolute Gasteiger partial charge is 0.491 e. The number of rotatable bonds is 5. The van der Waals surface area contributed by atoms with Crippen LogP contribution in [-0.2, 0) is 11.2 Å². The summed E-state index contributed by atoms with van der Waals surface area (Å²) in [5.41, 5.74) is 2.59. The Balaban J connectivity index is 1.66. The topological polar surface area (TPSA) is 21.8 Å². The maximum Gasteiger partial charge on any atom is 0.119 e. The molecule has 92 valence electrons. The molecule has 1 saturated heterocycles. The van der Waals surface area contributed by atoms with Crippen molar-refractivity contribution in [3.05, 3.63) is 65.7 Å². The van der Waals surface area contributed by atoms with E-state index in [2.05, 4.69) is 36.4 Å². The van der Waals surface area contributed by atoms with Crippen LogP contribution in [0.15, 0.2) is 54.6 Å². The van der Waals surface area contributed by atoms with E-state index in [0.29, 0.717) is 12.7 Å². The van der Waals surface area contributed by atoms with Crippen molar-refractivity contribution < 1.29 is 9.47 Å². The molecule has 1 atom stereocenters. The van der Waals surface area contributed by atoms with Crippen LogP contribution >= 0.6 is 0 Å². The Kier molecular flexibility index (Phi) is 3.29. The van der Waals surface area contributed by atoms with Crippen molar-refractivity contribution in [3.8, 4) is 5.75 Å². The highest BCUT2D eigenvalue weighted by Gasteiger charge is 2.22. The molecule has 2 aromatic rings. The van der Waals surface area contributed by atoms with Gasteiger partial charge in [0.05, 0.1) is 6.61 Å². The first kappa shape index (κ1) is 11.3. The molecule has 1 heterocycles. The maximum atomic E-state index is 5.68. The van der Waals surface area contributed by atoms with Gasteiger partial charge in [0.2, 0.25) is 0 Å². The second-order valence-electron chi connectivity index (χ2n) is 4.58. The zero-order valence-corrected chi connectivity index (χ0v) is 10.2. The van der Waals surface area contributed by atoms with E-state index in [1.54, 1.807) is 0 Å². The highest BCUT2D eigenvalue weighted by atomic mass is 16.6. The van der Waals surface area contributed by atoms with Crippen LogP contribution in [0.5, 0.6) is 5.75 Å². The quantitative estimate of drug-likeness (QED) is 0.749. The Bertz CT molecular complexity index is 504. The molecule has 2 heteroatoms. The molecule has 0 aromatic heterocycles. The van der Waals surface area contributed by atoms with E-state index in [0.717, 1.165) is 18.8 Å². The van der Waals surface area contributed by atoms with Crippen LogP contribution < -0.4 is 4.74 Å². The summed E-state index contributed by atoms with van der Waals surface area (Å²) in [6.07, 6.45) is 1.25. The summed E-state index contributed by atoms with van der Waals surface area (Å²) < 4.78 is 10.8. The molecule has 3 rings (SSSR count). The predicted octanol–water partition coefficient (Wildman–Crippen LogP) is 3.06. The van der Waals surface area contributed by atoms with E-state index in [4.69, 9.17) is 9.47 Å². The Morgan fingerprint density at radius 1 is 1.00 bits per heavy atom. The first-order valence-corrected chi connectivity index (χ1v) is 6.27. The molecular weight excluding hydrogens is 224 g/mol. The van der Waals surface area contributed by atoms with Gasteiger partial charge in [0, 0.05) is 0 Å². The highest BCUT2D eigenvalue weighted by Crippen LogP contribution is 2.18. The summed E-state index contributed by atoms with van der Waals surface area (Å²) in [4.78, 5) is 0. The lowest BCUT2D eigenvalue weighted by atomic mass is 10.1. The van der Waals surface area contributed by atoms with Gasteiger partial charge >= 0.3 is 0 Å². The summed E-state index contributed by atoms with van der Waals surface area (Å²) in [5, 5.41) is 0. The normalized spacial score (nSPS) is 17.4. The Labute approximate surface area is 107 Å². The van der Waals surface area contributed by atoms with Crippen LogP contribution in [0.4, 0.5) is 0 Å². The van der Waals surface area contributed by atoms with Gasteiger partial charge in [-0.15, -0.1) is 0 Å². The van der Waals surface area contributed by atoms with Crippen molar-refractivity contribution in [2.75, 3.05) is 13.2 Å². The van der Waals surface area contributed by atoms with Crippen molar-refractivity contribution in [2.24, 2.45) is 0 Å². The van der Waals surface area contributed by atoms with Crippen LogP contribution in [0.2, 0.25) is 0 Å². The van der Waals surface area contributed by atoms with Crippen molar-refractivity contribution >= 4 is 0 Å². The van der Waals surface area contributed by atoms with Gasteiger partial charge in [-0.3, -0.25) is 0 Å². The minimum atomic E-state index is 0.308. The summed E-state index contributed by atoms with van der Waals surface area (Å²) in [7, 11) is 0. The fraction of sp³-hybridized carbons (Fsp3) is 0.250. The van der Waals surface area contributed by atoms with Crippen LogP contribution in [0.1, 0.15) is 11.1 Å². The summed E-state index contributed by atoms with van der Waals surface area (Å²) >= 11 is 0. The summed E-state index contributed by atoms with van der Waals surface area (Å²) in [5.74, 6) is 0.930. The lowest BCUT2D eigenvalue weighted by molar-refractivity contribution is 0.263. The van der Waals surface area contributed by atoms with E-state index in [-0.39, 0.29) is 0 Å². The fourth-order valence-electron chi connectivity index (χ4n) is 1.93. The van der Waals surface area contributed by atoms with Gasteiger partial charge in [0.15, 0.2) is 0 Å². The van der Waals surface area contributed by atoms with E-state index >= 15 is 0 Å². The predicted molar refractivity (Wildman–Crippen MR) is 70.9 cm³/mol. The van der Waals surface area contributed by atoms with E-state index < -0.39 is 0 Å². The zero-order valence-electron chi connectivity index (χ0n) is 10.2. The number of epoxide rings is 1. The summed E-state index contributed by atoms with van der Waals surface area (Å²) in [6.45, 7) is 1.50. The van der Waals surface area contributed by atoms with E-state index in [9.17, 15) is 0 Å². The maximum absolute atomic E-state index is 5.68. The molecule has 18 heavy (non-hydrogen) atoms. The molecule has 0 amide bonds. The third kappa shape index (κ3) is 3.11. The van der Waals surface area contributed by atoms with Crippen molar-refractivity contribution in [1.82, 2.24) is 0 Å². The monoisotopic (exact) mass is 240 g/mol. The zero-order chi connectivity index (χ0) is 12.2. The second kappa shape index (κ2) is 5.23. The third-order valence-corrected chi connectivity index (χ3v) is 2.99. The molecule has 0 N–H and O–H groups in total. The van der Waals surface area contributed by atoms with E-state index in [1.807, 2.05) is 18.2 Å². The molecule has 0 saturated carbocycles. The Morgan fingerprint density at radius 3 is 2.56 bits per heavy atom. The number of ether oxygens (including phenoxy) is 2. The van der Waals surface area contributed by atoms with Crippen molar-refractivity contribution in [1.29, 1.82) is 0 Å². The molecular formula is C16H16O2. The Morgan fingerprint density at radius 2 is 1.78 bits per heavy atom. The molecule has 1 aliphatic heterocycles. The lowest BCUT2D eigenvalue weighted by Gasteiger charge is -2.07. The lowest BCUT2D eigenvalue weighted by Crippen LogP contribution is -2.04. The van der Waals surface area contributed by atoms with Gasteiger partial charge in [-0.2, -0.15) is 0 Å². The average molecular weight is 240 g/mol. The number of hydrogen-bond acceptors (Lipinski definition) is 2. The van der Waals surface area contributed by atoms with Gasteiger partial charge in [0.25, 0.3) is 0 Å². The number of hydrogen-bond donors (Lipinski definition) is 0. The second-order valence-corrected chi connectivity index (χ2v) is 4.58. The molecule has 2 aromatic carbocycles. The van der Waals surface area contributed by atoms with Crippen LogP contribution in [0.25, 0.3) is 0 Å². The minimum Gasteiger partial charge on any atom is -0.491 e. The van der Waals surface area contributed by atoms with Gasteiger partial charge in [-0.1, -0.05) is 42.5 Å². The van der Waals surface area contributed by atoms with Crippen molar-refractivity contribution in [2.45, 2.75) is 12.5 Å². The standard InChI is InChI=1S/C16H16O2/c1-2-5-13(6-3-1)9-14-7-4-8-15(10-14)17-11-16-12-18-16/h1-8,10,16H,9,11-12H2. The first-order chi connectivity index (χ1) is 8.90. The summed E-state index contributed by atoms with van der Waals surface area (Å²) in [6, 6.07) is 18.7. The molecule has 1 aliphatic rings. The molecule has 0 spiro atoms. The molecule has 0 aliphatic carbocycles. The molecule has 0 bridgehead atoms. The first-order valence-electron chi connectivity index (χ1n) is 6.27. The SMILES string of the molecule is c1ccc(Cc2cccc(OCC3CO3)c2)cc1. The van der Waals surface area contributed by atoms with Gasteiger partial charge in [0.1, 0.15) is 18.5 Å². The van der Waals surface area contributed by atoms with Crippen LogP contribution in [0.3, 0.4) is 0 Å². The van der Waals surface area contributed by atoms with Gasteiger partial charge < -0.3 is 9.47 Å². The number of benzene rings is 2. The van der Waals surface area contributed by atoms with Crippen LogP contribution in [-0.4, -0.2) is 19.3 Å². The molecule has 2 nitrogen and oxygen atoms in total. The fourth-order valence-corrected chi connectivity index (χ4v) is 1.93. The van der Waals surface area contributed by atoms with E-state index in [1.165, 1.54) is 11.1 Å². The minimum absolute atomic E-state index is 0.308. The Hall–Kier alpha value is -1.80.